The van der Waals surface area contributed by atoms with Crippen LogP contribution in [0.3, 0.4) is 0 Å². The molecule has 0 spiro atoms. The molecule has 3 aromatic rings. The first kappa shape index (κ1) is 18.1. The van der Waals surface area contributed by atoms with Gasteiger partial charge in [0, 0.05) is 43.7 Å². The lowest BCUT2D eigenvalue weighted by Gasteiger charge is -2.34. The van der Waals surface area contributed by atoms with Gasteiger partial charge in [-0.05, 0) is 54.4 Å². The number of amides is 1. The third-order valence-corrected chi connectivity index (χ3v) is 5.79. The summed E-state index contributed by atoms with van der Waals surface area (Å²) in [6.45, 7) is 8.69. The van der Waals surface area contributed by atoms with Gasteiger partial charge in [0.2, 0.25) is 0 Å². The lowest BCUT2D eigenvalue weighted by Crippen LogP contribution is -2.48. The molecule has 1 aromatic carbocycles. The lowest BCUT2D eigenvalue weighted by molar-refractivity contribution is 0.0599. The zero-order chi connectivity index (χ0) is 18.8. The number of carbonyl (C=O) groups excluding carboxylic acids is 1. The SMILES string of the molecule is CCOc1ccc2oc(C(=O)N3CCN(Cc4ccsc4)CC3)c(C)c2c1. The van der Waals surface area contributed by atoms with Gasteiger partial charge in [0.05, 0.1) is 6.61 Å². The van der Waals surface area contributed by atoms with E-state index in [9.17, 15) is 4.79 Å². The minimum Gasteiger partial charge on any atom is -0.494 e. The number of nitrogens with zero attached hydrogens (tertiary/aromatic N) is 2. The molecule has 2 aromatic heterocycles. The molecule has 142 valence electrons. The van der Waals surface area contributed by atoms with Crippen molar-refractivity contribution in [1.29, 1.82) is 0 Å². The highest BCUT2D eigenvalue weighted by molar-refractivity contribution is 7.07. The molecule has 0 unspecified atom stereocenters. The summed E-state index contributed by atoms with van der Waals surface area (Å²) in [7, 11) is 0. The fourth-order valence-electron chi connectivity index (χ4n) is 3.55. The molecule has 1 saturated heterocycles. The highest BCUT2D eigenvalue weighted by atomic mass is 32.1. The Kier molecular flexibility index (Phi) is 5.18. The number of piperazine rings is 1. The number of carbonyl (C=O) groups is 1. The fourth-order valence-corrected chi connectivity index (χ4v) is 4.21. The molecule has 27 heavy (non-hydrogen) atoms. The molecule has 3 heterocycles. The summed E-state index contributed by atoms with van der Waals surface area (Å²) >= 11 is 1.73. The van der Waals surface area contributed by atoms with E-state index in [0.717, 1.165) is 55.0 Å². The number of furan rings is 1. The first-order valence-corrected chi connectivity index (χ1v) is 10.3. The van der Waals surface area contributed by atoms with Crippen LogP contribution in [-0.4, -0.2) is 48.5 Å². The van der Waals surface area contributed by atoms with Crippen molar-refractivity contribution in [3.8, 4) is 5.75 Å². The van der Waals surface area contributed by atoms with Crippen molar-refractivity contribution >= 4 is 28.2 Å². The molecule has 0 radical (unpaired) electrons. The van der Waals surface area contributed by atoms with E-state index < -0.39 is 0 Å². The molecule has 1 aliphatic rings. The molecule has 1 amide bonds. The normalized spacial score (nSPS) is 15.4. The van der Waals surface area contributed by atoms with E-state index in [-0.39, 0.29) is 5.91 Å². The monoisotopic (exact) mass is 384 g/mol. The van der Waals surface area contributed by atoms with E-state index in [2.05, 4.69) is 21.7 Å². The van der Waals surface area contributed by atoms with Gasteiger partial charge in [-0.15, -0.1) is 0 Å². The predicted octanol–water partition coefficient (Wildman–Crippen LogP) is 4.16. The van der Waals surface area contributed by atoms with Crippen molar-refractivity contribution in [2.24, 2.45) is 0 Å². The first-order valence-electron chi connectivity index (χ1n) is 9.34. The topological polar surface area (TPSA) is 45.9 Å². The van der Waals surface area contributed by atoms with Gasteiger partial charge in [-0.3, -0.25) is 9.69 Å². The maximum absolute atomic E-state index is 13.0. The third kappa shape index (κ3) is 3.73. The summed E-state index contributed by atoms with van der Waals surface area (Å²) in [5.74, 6) is 1.23. The van der Waals surface area contributed by atoms with Crippen LogP contribution in [0.15, 0.2) is 39.4 Å². The van der Waals surface area contributed by atoms with Crippen molar-refractivity contribution in [1.82, 2.24) is 9.80 Å². The summed E-state index contributed by atoms with van der Waals surface area (Å²) in [6, 6.07) is 7.87. The number of hydrogen-bond acceptors (Lipinski definition) is 5. The van der Waals surface area contributed by atoms with Crippen molar-refractivity contribution < 1.29 is 13.9 Å². The Hall–Kier alpha value is -2.31. The molecule has 0 N–H and O–H groups in total. The summed E-state index contributed by atoms with van der Waals surface area (Å²) in [6.07, 6.45) is 0. The number of hydrogen-bond donors (Lipinski definition) is 0. The van der Waals surface area contributed by atoms with E-state index >= 15 is 0 Å². The summed E-state index contributed by atoms with van der Waals surface area (Å²) in [5.41, 5.74) is 2.96. The van der Waals surface area contributed by atoms with Gasteiger partial charge in [-0.25, -0.2) is 0 Å². The Morgan fingerprint density at radius 1 is 1.22 bits per heavy atom. The minimum absolute atomic E-state index is 0.0168. The molecule has 1 aliphatic heterocycles. The molecule has 4 rings (SSSR count). The van der Waals surface area contributed by atoms with Crippen LogP contribution >= 0.6 is 11.3 Å². The van der Waals surface area contributed by atoms with Gasteiger partial charge < -0.3 is 14.1 Å². The molecule has 6 heteroatoms. The zero-order valence-corrected chi connectivity index (χ0v) is 16.6. The Morgan fingerprint density at radius 2 is 2.04 bits per heavy atom. The summed E-state index contributed by atoms with van der Waals surface area (Å²) < 4.78 is 11.5. The van der Waals surface area contributed by atoms with E-state index in [4.69, 9.17) is 9.15 Å². The molecule has 0 aliphatic carbocycles. The molecule has 5 nitrogen and oxygen atoms in total. The largest absolute Gasteiger partial charge is 0.494 e. The molecular formula is C21H24N2O3S. The Balaban J connectivity index is 1.46. The predicted molar refractivity (Wildman–Crippen MR) is 108 cm³/mol. The third-order valence-electron chi connectivity index (χ3n) is 5.06. The van der Waals surface area contributed by atoms with Gasteiger partial charge in [-0.2, -0.15) is 11.3 Å². The highest BCUT2D eigenvalue weighted by Gasteiger charge is 2.26. The first-order chi connectivity index (χ1) is 13.2. The van der Waals surface area contributed by atoms with Crippen LogP contribution in [0.4, 0.5) is 0 Å². The zero-order valence-electron chi connectivity index (χ0n) is 15.7. The highest BCUT2D eigenvalue weighted by Crippen LogP contribution is 2.30. The van der Waals surface area contributed by atoms with Crippen LogP contribution in [0.2, 0.25) is 0 Å². The lowest BCUT2D eigenvalue weighted by atomic mass is 10.1. The molecule has 0 atom stereocenters. The van der Waals surface area contributed by atoms with Crippen LogP contribution in [0, 0.1) is 6.92 Å². The summed E-state index contributed by atoms with van der Waals surface area (Å²) in [4.78, 5) is 17.3. The number of benzene rings is 1. The average Bonchev–Trinajstić information content (AvgIpc) is 3.30. The van der Waals surface area contributed by atoms with Gasteiger partial charge in [-0.1, -0.05) is 0 Å². The number of aryl methyl sites for hydroxylation is 1. The van der Waals surface area contributed by atoms with E-state index in [0.29, 0.717) is 12.4 Å². The van der Waals surface area contributed by atoms with Crippen LogP contribution in [0.5, 0.6) is 5.75 Å². The van der Waals surface area contributed by atoms with E-state index in [1.54, 1.807) is 11.3 Å². The second kappa shape index (κ2) is 7.74. The quantitative estimate of drug-likeness (QED) is 0.663. The van der Waals surface area contributed by atoms with Crippen LogP contribution in [0.1, 0.15) is 28.6 Å². The number of fused-ring (bicyclic) bond motifs is 1. The summed E-state index contributed by atoms with van der Waals surface area (Å²) in [5, 5.41) is 5.24. The Labute approximate surface area is 163 Å². The second-order valence-corrected chi connectivity index (χ2v) is 7.63. The number of rotatable bonds is 5. The minimum atomic E-state index is -0.0168. The van der Waals surface area contributed by atoms with Crippen molar-refractivity contribution in [2.75, 3.05) is 32.8 Å². The van der Waals surface area contributed by atoms with Crippen molar-refractivity contribution in [2.45, 2.75) is 20.4 Å². The van der Waals surface area contributed by atoms with Crippen molar-refractivity contribution in [3.05, 3.63) is 51.9 Å². The molecular weight excluding hydrogens is 360 g/mol. The van der Waals surface area contributed by atoms with E-state index in [1.807, 2.05) is 36.9 Å². The maximum atomic E-state index is 13.0. The number of thiophene rings is 1. The van der Waals surface area contributed by atoms with Gasteiger partial charge in [0.1, 0.15) is 11.3 Å². The Bertz CT molecular complexity index is 924. The fraction of sp³-hybridized carbons (Fsp3) is 0.381. The number of ether oxygens (including phenoxy) is 1. The standard InChI is InChI=1S/C21H24N2O3S/c1-3-25-17-4-5-19-18(12-17)15(2)20(26-19)21(24)23-9-7-22(8-10-23)13-16-6-11-27-14-16/h4-6,11-12,14H,3,7-10,13H2,1-2H3. The smallest absolute Gasteiger partial charge is 0.289 e. The Morgan fingerprint density at radius 3 is 2.74 bits per heavy atom. The van der Waals surface area contributed by atoms with Gasteiger partial charge in [0.15, 0.2) is 5.76 Å². The van der Waals surface area contributed by atoms with Gasteiger partial charge in [0.25, 0.3) is 5.91 Å². The van der Waals surface area contributed by atoms with Crippen LogP contribution in [0.25, 0.3) is 11.0 Å². The van der Waals surface area contributed by atoms with Crippen LogP contribution < -0.4 is 4.74 Å². The van der Waals surface area contributed by atoms with Gasteiger partial charge >= 0.3 is 0 Å². The second-order valence-electron chi connectivity index (χ2n) is 6.85. The van der Waals surface area contributed by atoms with E-state index in [1.165, 1.54) is 5.56 Å². The molecule has 0 saturated carbocycles. The van der Waals surface area contributed by atoms with Crippen LogP contribution in [-0.2, 0) is 6.54 Å². The molecule has 1 fully saturated rings. The average molecular weight is 385 g/mol. The maximum Gasteiger partial charge on any atom is 0.289 e. The molecule has 0 bridgehead atoms. The van der Waals surface area contributed by atoms with Crippen molar-refractivity contribution in [3.63, 3.8) is 0 Å².